The molecular formula is C34H48N2O3. The average molecular weight is 533 g/mol. The Kier molecular flexibility index (Phi) is 6.20. The van der Waals surface area contributed by atoms with Gasteiger partial charge in [-0.1, -0.05) is 60.6 Å². The Bertz CT molecular complexity index is 1230. The molecular weight excluding hydrogens is 484 g/mol. The largest absolute Gasteiger partial charge is 0.511 e. The highest BCUT2D eigenvalue weighted by molar-refractivity contribution is 5.95. The summed E-state index contributed by atoms with van der Waals surface area (Å²) in [5.41, 5.74) is 0.525. The van der Waals surface area contributed by atoms with Crippen LogP contribution in [0, 0.1) is 61.6 Å². The second kappa shape index (κ2) is 8.58. The molecule has 5 rings (SSSR count). The van der Waals surface area contributed by atoms with E-state index in [-0.39, 0.29) is 62.3 Å². The number of hydrogen-bond acceptors (Lipinski definition) is 4. The minimum atomic E-state index is -0.514. The van der Waals surface area contributed by atoms with E-state index in [0.717, 1.165) is 44.9 Å². The Morgan fingerprint density at radius 3 is 2.44 bits per heavy atom. The van der Waals surface area contributed by atoms with Crippen molar-refractivity contribution in [1.82, 2.24) is 5.32 Å². The SMILES string of the molecule is C=CC(=O)NC[C@]12CCC(C)(C)C[C@H]1[C@H]1C(=O)C=C3[C@@]4(C)CC(C#N)=C(O)C(C)(C)[C@@H]4CC[C@@]3(C)[C@]1(C)CC2. The molecule has 0 aromatic heterocycles. The van der Waals surface area contributed by atoms with Crippen LogP contribution < -0.4 is 5.32 Å². The van der Waals surface area contributed by atoms with Crippen LogP contribution >= 0.6 is 0 Å². The molecule has 3 saturated carbocycles. The van der Waals surface area contributed by atoms with Gasteiger partial charge in [0, 0.05) is 17.9 Å². The van der Waals surface area contributed by atoms with Gasteiger partial charge in [0.05, 0.1) is 11.6 Å². The number of rotatable bonds is 3. The molecule has 5 heteroatoms. The monoisotopic (exact) mass is 532 g/mol. The van der Waals surface area contributed by atoms with E-state index in [9.17, 15) is 20.0 Å². The maximum atomic E-state index is 14.5. The quantitative estimate of drug-likeness (QED) is 0.376. The van der Waals surface area contributed by atoms with Gasteiger partial charge in [0.1, 0.15) is 5.76 Å². The van der Waals surface area contributed by atoms with E-state index in [2.05, 4.69) is 66.4 Å². The number of ketones is 1. The van der Waals surface area contributed by atoms with Gasteiger partial charge in [-0.3, -0.25) is 9.59 Å². The van der Waals surface area contributed by atoms with Crippen LogP contribution in [0.5, 0.6) is 0 Å². The molecule has 0 bridgehead atoms. The lowest BCUT2D eigenvalue weighted by atomic mass is 9.34. The predicted octanol–water partition coefficient (Wildman–Crippen LogP) is 7.21. The predicted molar refractivity (Wildman–Crippen MR) is 153 cm³/mol. The molecule has 0 aromatic carbocycles. The Morgan fingerprint density at radius 2 is 1.79 bits per heavy atom. The van der Waals surface area contributed by atoms with Crippen LogP contribution in [0.3, 0.4) is 0 Å². The highest BCUT2D eigenvalue weighted by Crippen LogP contribution is 2.75. The van der Waals surface area contributed by atoms with Gasteiger partial charge in [-0.2, -0.15) is 5.26 Å². The molecule has 7 atom stereocenters. The van der Waals surface area contributed by atoms with Crippen molar-refractivity contribution in [3.05, 3.63) is 35.6 Å². The molecule has 0 unspecified atom stereocenters. The Morgan fingerprint density at radius 1 is 1.13 bits per heavy atom. The summed E-state index contributed by atoms with van der Waals surface area (Å²) in [5.74, 6) is 0.622. The standard InChI is InChI=1S/C34H48N2O3/c1-9-26(38)36-20-34-14-12-29(2,3)18-22(34)27-23(37)16-25-31(6)17-21(19-35)28(39)30(4,5)24(31)10-11-32(25,7)33(27,8)13-15-34/h9,16,22,24,27,39H,1,10-15,17-18,20H2,2-8H3,(H,36,38)/t22-,24-,27-,31-,32+,33+,34+/m0/s1. The fourth-order valence-corrected chi connectivity index (χ4v) is 10.7. The second-order valence-corrected chi connectivity index (χ2v) is 15.8. The van der Waals surface area contributed by atoms with Crippen LogP contribution in [-0.4, -0.2) is 23.3 Å². The number of nitriles is 1. The summed E-state index contributed by atoms with van der Waals surface area (Å²) in [6.45, 7) is 20.1. The average Bonchev–Trinajstić information content (AvgIpc) is 2.86. The number of aliphatic hydroxyl groups is 1. The van der Waals surface area contributed by atoms with E-state index in [4.69, 9.17) is 0 Å². The van der Waals surface area contributed by atoms with E-state index in [1.54, 1.807) is 0 Å². The summed E-state index contributed by atoms with van der Waals surface area (Å²) in [7, 11) is 0. The van der Waals surface area contributed by atoms with Gasteiger partial charge in [0.25, 0.3) is 0 Å². The highest BCUT2D eigenvalue weighted by atomic mass is 16.3. The zero-order chi connectivity index (χ0) is 28.8. The minimum absolute atomic E-state index is 0.0772. The summed E-state index contributed by atoms with van der Waals surface area (Å²) in [6.07, 6.45) is 10.9. The number of carbonyl (C=O) groups excluding carboxylic acids is 2. The van der Waals surface area contributed by atoms with Crippen molar-refractivity contribution in [1.29, 1.82) is 5.26 Å². The van der Waals surface area contributed by atoms with Gasteiger partial charge in [-0.05, 0) is 102 Å². The number of aliphatic hydroxyl groups excluding tert-OH is 1. The summed E-state index contributed by atoms with van der Waals surface area (Å²) in [4.78, 5) is 26.8. The fraction of sp³-hybridized carbons (Fsp3) is 0.735. The molecule has 0 heterocycles. The fourth-order valence-electron chi connectivity index (χ4n) is 10.7. The number of fused-ring (bicyclic) bond motifs is 7. The van der Waals surface area contributed by atoms with Crippen molar-refractivity contribution in [3.63, 3.8) is 0 Å². The molecule has 39 heavy (non-hydrogen) atoms. The minimum Gasteiger partial charge on any atom is -0.511 e. The molecule has 0 aromatic rings. The maximum absolute atomic E-state index is 14.5. The Hall–Kier alpha value is -2.35. The first-order chi connectivity index (χ1) is 18.0. The third-order valence-electron chi connectivity index (χ3n) is 13.1. The normalized spacial score (nSPS) is 44.0. The van der Waals surface area contributed by atoms with Gasteiger partial charge in [-0.25, -0.2) is 0 Å². The molecule has 5 nitrogen and oxygen atoms in total. The second-order valence-electron chi connectivity index (χ2n) is 15.8. The molecule has 0 radical (unpaired) electrons. The van der Waals surface area contributed by atoms with Crippen molar-refractivity contribution in [3.8, 4) is 6.07 Å². The van der Waals surface area contributed by atoms with E-state index in [0.29, 0.717) is 18.5 Å². The molecule has 1 amide bonds. The summed E-state index contributed by atoms with van der Waals surface area (Å²) >= 11 is 0. The van der Waals surface area contributed by atoms with E-state index in [1.807, 2.05) is 6.08 Å². The maximum Gasteiger partial charge on any atom is 0.243 e. The summed E-state index contributed by atoms with van der Waals surface area (Å²) in [6, 6.07) is 2.31. The number of nitrogens with zero attached hydrogens (tertiary/aromatic N) is 1. The number of allylic oxidation sites excluding steroid dienone is 4. The van der Waals surface area contributed by atoms with E-state index < -0.39 is 5.41 Å². The van der Waals surface area contributed by atoms with Crippen LogP contribution in [0.4, 0.5) is 0 Å². The van der Waals surface area contributed by atoms with Gasteiger partial charge < -0.3 is 10.4 Å². The molecule has 0 saturated heterocycles. The zero-order valence-electron chi connectivity index (χ0n) is 25.2. The molecule has 0 spiro atoms. The Balaban J connectivity index is 1.63. The number of nitrogens with one attached hydrogen (secondary N) is 1. The first-order valence-corrected chi connectivity index (χ1v) is 15.0. The molecule has 5 aliphatic carbocycles. The van der Waals surface area contributed by atoms with E-state index in [1.165, 1.54) is 11.6 Å². The van der Waals surface area contributed by atoms with Gasteiger partial charge in [0.15, 0.2) is 5.78 Å². The van der Waals surface area contributed by atoms with Crippen molar-refractivity contribution in [2.24, 2.45) is 50.2 Å². The molecule has 3 fully saturated rings. The molecule has 212 valence electrons. The third kappa shape index (κ3) is 3.69. The lowest BCUT2D eigenvalue weighted by Gasteiger charge is -2.69. The van der Waals surface area contributed by atoms with Gasteiger partial charge in [-0.15, -0.1) is 0 Å². The van der Waals surface area contributed by atoms with Crippen molar-refractivity contribution >= 4 is 11.7 Å². The number of amides is 1. The van der Waals surface area contributed by atoms with Crippen LogP contribution in [0.15, 0.2) is 35.6 Å². The van der Waals surface area contributed by atoms with Crippen LogP contribution in [0.25, 0.3) is 0 Å². The van der Waals surface area contributed by atoms with Crippen LogP contribution in [0.1, 0.15) is 99.8 Å². The van der Waals surface area contributed by atoms with Gasteiger partial charge in [0.2, 0.25) is 5.91 Å². The van der Waals surface area contributed by atoms with Gasteiger partial charge >= 0.3 is 0 Å². The topological polar surface area (TPSA) is 90.2 Å². The highest BCUT2D eigenvalue weighted by Gasteiger charge is 2.69. The first-order valence-electron chi connectivity index (χ1n) is 15.0. The van der Waals surface area contributed by atoms with E-state index >= 15 is 0 Å². The Labute approximate surface area is 235 Å². The van der Waals surface area contributed by atoms with Crippen molar-refractivity contribution in [2.45, 2.75) is 99.8 Å². The molecule has 0 aliphatic heterocycles. The number of hydrogen-bond donors (Lipinski definition) is 2. The zero-order valence-corrected chi connectivity index (χ0v) is 25.2. The van der Waals surface area contributed by atoms with Crippen LogP contribution in [-0.2, 0) is 9.59 Å². The molecule has 5 aliphatic rings. The lowest BCUT2D eigenvalue weighted by molar-refractivity contribution is -0.172. The summed E-state index contributed by atoms with van der Waals surface area (Å²) in [5, 5.41) is 24.2. The molecule has 2 N–H and O–H groups in total. The number of carbonyl (C=O) groups is 2. The van der Waals surface area contributed by atoms with Crippen LogP contribution in [0.2, 0.25) is 0 Å². The lowest BCUT2D eigenvalue weighted by Crippen LogP contribution is -2.65. The van der Waals surface area contributed by atoms with Crippen molar-refractivity contribution < 1.29 is 14.7 Å². The van der Waals surface area contributed by atoms with Crippen molar-refractivity contribution in [2.75, 3.05) is 6.54 Å². The smallest absolute Gasteiger partial charge is 0.243 e. The third-order valence-corrected chi connectivity index (χ3v) is 13.1. The summed E-state index contributed by atoms with van der Waals surface area (Å²) < 4.78 is 0. The first kappa shape index (κ1) is 28.2.